The lowest BCUT2D eigenvalue weighted by molar-refractivity contribution is -0.127. The second kappa shape index (κ2) is 3.90. The number of halogens is 2. The third kappa shape index (κ3) is 2.69. The van der Waals surface area contributed by atoms with Gasteiger partial charge < -0.3 is 4.90 Å². The molecule has 0 aromatic heterocycles. The normalized spacial score (nSPS) is 26.5. The lowest BCUT2D eigenvalue weighted by atomic mass is 10.4. The highest BCUT2D eigenvalue weighted by Gasteiger charge is 2.38. The molecule has 1 heterocycles. The van der Waals surface area contributed by atoms with Crippen molar-refractivity contribution in [3.8, 4) is 0 Å². The molecule has 0 aromatic carbocycles. The highest BCUT2D eigenvalue weighted by atomic mass is 127. The molecule has 0 aromatic rings. The molecule has 1 aliphatic heterocycles. The largest absolute Gasteiger partial charge is 0.330 e. The summed E-state index contributed by atoms with van der Waals surface area (Å²) in [7, 11) is 1.57. The molecule has 1 rings (SSSR count). The number of alkyl halides is 1. The zero-order valence-electron chi connectivity index (χ0n) is 6.91. The molecule has 0 radical (unpaired) electrons. The molecule has 13 heavy (non-hydrogen) atoms. The van der Waals surface area contributed by atoms with E-state index in [9.17, 15) is 13.2 Å². The van der Waals surface area contributed by atoms with E-state index in [0.717, 1.165) is 0 Å². The molecule has 2 atom stereocenters. The Kier molecular flexibility index (Phi) is 3.45. The summed E-state index contributed by atoms with van der Waals surface area (Å²) in [6.45, 7) is 2.05. The first kappa shape index (κ1) is 11.5. The summed E-state index contributed by atoms with van der Waals surface area (Å²) in [5.74, 6) is -0.142. The van der Waals surface area contributed by atoms with E-state index < -0.39 is 14.3 Å². The quantitative estimate of drug-likeness (QED) is 0.326. The van der Waals surface area contributed by atoms with Crippen LogP contribution in [-0.2, 0) is 13.8 Å². The maximum absolute atomic E-state index is 11.3. The monoisotopic (exact) mass is 337 g/mol. The lowest BCUT2D eigenvalue weighted by Gasteiger charge is -2.18. The van der Waals surface area contributed by atoms with Crippen LogP contribution in [0.25, 0.3) is 0 Å². The molecule has 0 bridgehead atoms. The van der Waals surface area contributed by atoms with Gasteiger partial charge in [0.2, 0.25) is 15.0 Å². The van der Waals surface area contributed by atoms with Gasteiger partial charge in [0.15, 0.2) is 0 Å². The Labute approximate surface area is 95.2 Å². The van der Waals surface area contributed by atoms with Crippen LogP contribution in [0.1, 0.15) is 13.3 Å². The zero-order chi connectivity index (χ0) is 10.2. The SMILES string of the molecule is CC(I)N1CC(S(=O)(=O)Cl)CC1=O. The van der Waals surface area contributed by atoms with E-state index in [4.69, 9.17) is 10.7 Å². The van der Waals surface area contributed by atoms with E-state index in [1.165, 1.54) is 4.90 Å². The third-order valence-electron chi connectivity index (χ3n) is 1.95. The number of hydrogen-bond donors (Lipinski definition) is 0. The Morgan fingerprint density at radius 2 is 2.23 bits per heavy atom. The van der Waals surface area contributed by atoms with E-state index in [2.05, 4.69) is 22.6 Å². The minimum atomic E-state index is -3.60. The van der Waals surface area contributed by atoms with Gasteiger partial charge in [-0.25, -0.2) is 8.42 Å². The molecule has 7 heteroatoms. The van der Waals surface area contributed by atoms with Gasteiger partial charge in [-0.05, 0) is 6.92 Å². The van der Waals surface area contributed by atoms with Gasteiger partial charge in [-0.15, -0.1) is 0 Å². The summed E-state index contributed by atoms with van der Waals surface area (Å²) < 4.78 is 21.9. The highest BCUT2D eigenvalue weighted by molar-refractivity contribution is 14.1. The lowest BCUT2D eigenvalue weighted by Crippen LogP contribution is -2.31. The molecule has 1 aliphatic rings. The Morgan fingerprint density at radius 1 is 1.69 bits per heavy atom. The van der Waals surface area contributed by atoms with E-state index in [-0.39, 0.29) is 22.9 Å². The fourth-order valence-corrected chi connectivity index (χ4v) is 2.81. The van der Waals surface area contributed by atoms with E-state index in [0.29, 0.717) is 0 Å². The number of rotatable bonds is 2. The van der Waals surface area contributed by atoms with Gasteiger partial charge in [0.05, 0.1) is 4.05 Å². The fraction of sp³-hybridized carbons (Fsp3) is 0.833. The van der Waals surface area contributed by atoms with E-state index in [1.807, 2.05) is 6.92 Å². The van der Waals surface area contributed by atoms with Gasteiger partial charge in [-0.1, -0.05) is 22.6 Å². The Balaban J connectivity index is 2.77. The molecule has 1 fully saturated rings. The van der Waals surface area contributed by atoms with Crippen LogP contribution >= 0.6 is 33.3 Å². The molecule has 4 nitrogen and oxygen atoms in total. The smallest absolute Gasteiger partial charge is 0.237 e. The number of hydrogen-bond acceptors (Lipinski definition) is 3. The van der Waals surface area contributed by atoms with Gasteiger partial charge in [-0.2, -0.15) is 0 Å². The van der Waals surface area contributed by atoms with Crippen LogP contribution in [0.15, 0.2) is 0 Å². The summed E-state index contributed by atoms with van der Waals surface area (Å²) >= 11 is 2.07. The first-order valence-electron chi connectivity index (χ1n) is 3.69. The predicted molar refractivity (Wildman–Crippen MR) is 58.4 cm³/mol. The van der Waals surface area contributed by atoms with Crippen LogP contribution < -0.4 is 0 Å². The van der Waals surface area contributed by atoms with E-state index in [1.54, 1.807) is 0 Å². The second-order valence-electron chi connectivity index (χ2n) is 2.92. The molecule has 0 N–H and O–H groups in total. The average molecular weight is 338 g/mol. The first-order chi connectivity index (χ1) is 5.82. The molecular weight excluding hydrogens is 328 g/mol. The van der Waals surface area contributed by atoms with Crippen LogP contribution in [0, 0.1) is 0 Å². The minimum absolute atomic E-state index is 0.00789. The van der Waals surface area contributed by atoms with Gasteiger partial charge in [0, 0.05) is 23.6 Å². The molecular formula is C6H9ClINO3S. The summed E-state index contributed by atoms with van der Waals surface area (Å²) in [5, 5.41) is -0.737. The summed E-state index contributed by atoms with van der Waals surface area (Å²) in [4.78, 5) is 12.8. The van der Waals surface area contributed by atoms with E-state index >= 15 is 0 Å². The standard InChI is InChI=1S/C6H9ClINO3S/c1-4(8)9-3-5(2-6(9)10)13(7,11)12/h4-5H,2-3H2,1H3. The zero-order valence-corrected chi connectivity index (χ0v) is 10.6. The molecule has 1 amide bonds. The molecule has 0 aliphatic carbocycles. The van der Waals surface area contributed by atoms with Crippen LogP contribution in [0.2, 0.25) is 0 Å². The maximum Gasteiger partial charge on any atom is 0.237 e. The van der Waals surface area contributed by atoms with Crippen molar-refractivity contribution >= 4 is 48.2 Å². The predicted octanol–water partition coefficient (Wildman–Crippen LogP) is 0.937. The van der Waals surface area contributed by atoms with Crippen LogP contribution in [0.3, 0.4) is 0 Å². The summed E-state index contributed by atoms with van der Waals surface area (Å²) in [5.41, 5.74) is 0. The van der Waals surface area contributed by atoms with Gasteiger partial charge >= 0.3 is 0 Å². The summed E-state index contributed by atoms with van der Waals surface area (Å²) in [6, 6.07) is 0. The summed E-state index contributed by atoms with van der Waals surface area (Å²) in [6.07, 6.45) is 0.0131. The second-order valence-corrected chi connectivity index (χ2v) is 7.63. The van der Waals surface area contributed by atoms with Crippen molar-refractivity contribution < 1.29 is 13.2 Å². The number of nitrogens with zero attached hydrogens (tertiary/aromatic N) is 1. The number of amides is 1. The number of likely N-dealkylation sites (tertiary alicyclic amines) is 1. The van der Waals surface area contributed by atoms with Crippen molar-refractivity contribution in [3.63, 3.8) is 0 Å². The van der Waals surface area contributed by atoms with Crippen LogP contribution in [-0.4, -0.2) is 35.1 Å². The van der Waals surface area contributed by atoms with Gasteiger partial charge in [0.25, 0.3) is 0 Å². The van der Waals surface area contributed by atoms with Crippen molar-refractivity contribution in [2.45, 2.75) is 22.6 Å². The van der Waals surface area contributed by atoms with Crippen LogP contribution in [0.5, 0.6) is 0 Å². The van der Waals surface area contributed by atoms with Crippen molar-refractivity contribution in [2.75, 3.05) is 6.54 Å². The fourth-order valence-electron chi connectivity index (χ4n) is 1.23. The molecule has 76 valence electrons. The third-order valence-corrected chi connectivity index (χ3v) is 4.49. The number of carbonyl (C=O) groups excluding carboxylic acids is 1. The minimum Gasteiger partial charge on any atom is -0.330 e. The first-order valence-corrected chi connectivity index (χ1v) is 7.31. The molecule has 0 spiro atoms. The highest BCUT2D eigenvalue weighted by Crippen LogP contribution is 2.24. The van der Waals surface area contributed by atoms with Gasteiger partial charge in [0.1, 0.15) is 5.25 Å². The topological polar surface area (TPSA) is 54.5 Å². The average Bonchev–Trinajstić information content (AvgIpc) is 2.29. The molecule has 0 saturated carbocycles. The van der Waals surface area contributed by atoms with Gasteiger partial charge in [-0.3, -0.25) is 4.79 Å². The number of carbonyl (C=O) groups is 1. The van der Waals surface area contributed by atoms with Crippen molar-refractivity contribution in [1.82, 2.24) is 4.90 Å². The van der Waals surface area contributed by atoms with Crippen molar-refractivity contribution in [1.29, 1.82) is 0 Å². The Hall–Kier alpha value is 0.440. The Morgan fingerprint density at radius 3 is 2.46 bits per heavy atom. The molecule has 2 unspecified atom stereocenters. The van der Waals surface area contributed by atoms with Crippen molar-refractivity contribution in [2.24, 2.45) is 0 Å². The molecule has 1 saturated heterocycles. The van der Waals surface area contributed by atoms with Crippen molar-refractivity contribution in [3.05, 3.63) is 0 Å². The maximum atomic E-state index is 11.3. The Bertz CT molecular complexity index is 316. The van der Waals surface area contributed by atoms with Crippen LogP contribution in [0.4, 0.5) is 0 Å².